The molecule has 1 aliphatic heterocycles. The summed E-state index contributed by atoms with van der Waals surface area (Å²) < 4.78 is 1.14. The van der Waals surface area contributed by atoms with E-state index in [-0.39, 0.29) is 18.0 Å². The summed E-state index contributed by atoms with van der Waals surface area (Å²) >= 11 is 6.01. The van der Waals surface area contributed by atoms with Crippen LogP contribution < -0.4 is 16.3 Å². The lowest BCUT2D eigenvalue weighted by Crippen LogP contribution is -2.37. The molecule has 2 heterocycles. The number of nitrogens with zero attached hydrogens (tertiary/aromatic N) is 2. The monoisotopic (exact) mass is 383 g/mol. The van der Waals surface area contributed by atoms with E-state index in [1.807, 2.05) is 0 Å². The quantitative estimate of drug-likeness (QED) is 0.631. The van der Waals surface area contributed by atoms with Crippen LogP contribution in [0.15, 0.2) is 58.3 Å². The molecule has 0 bridgehead atoms. The smallest absolute Gasteiger partial charge is 0.333 e. The van der Waals surface area contributed by atoms with Gasteiger partial charge in [0.1, 0.15) is 5.69 Å². The maximum Gasteiger partial charge on any atom is 0.333 e. The van der Waals surface area contributed by atoms with Gasteiger partial charge < -0.3 is 15.2 Å². The number of hydrogen-bond donors (Lipinski definition) is 3. The van der Waals surface area contributed by atoms with Crippen LogP contribution in [0.1, 0.15) is 12.1 Å². The zero-order valence-corrected chi connectivity index (χ0v) is 14.6. The molecule has 0 spiro atoms. The van der Waals surface area contributed by atoms with Gasteiger partial charge in [0.05, 0.1) is 11.0 Å². The summed E-state index contributed by atoms with van der Waals surface area (Å²) in [6.45, 7) is 0. The number of rotatable bonds is 3. The van der Waals surface area contributed by atoms with Gasteiger partial charge in [-0.1, -0.05) is 35.9 Å². The Kier molecular flexibility index (Phi) is 4.08. The van der Waals surface area contributed by atoms with Gasteiger partial charge in [-0.3, -0.25) is 4.99 Å². The fourth-order valence-corrected chi connectivity index (χ4v) is 3.38. The van der Waals surface area contributed by atoms with Crippen LogP contribution in [0.2, 0.25) is 5.02 Å². The maximum atomic E-state index is 12.5. The van der Waals surface area contributed by atoms with Crippen molar-refractivity contribution in [2.24, 2.45) is 4.99 Å². The van der Waals surface area contributed by atoms with Gasteiger partial charge in [0, 0.05) is 16.7 Å². The highest BCUT2D eigenvalue weighted by atomic mass is 35.5. The average Bonchev–Trinajstić information content (AvgIpc) is 2.95. The average molecular weight is 384 g/mol. The topological polar surface area (TPSA) is 108 Å². The number of aliphatic carboxylic acids is 1. The van der Waals surface area contributed by atoms with Crippen molar-refractivity contribution in [3.8, 4) is 11.6 Å². The second kappa shape index (κ2) is 6.44. The van der Waals surface area contributed by atoms with Crippen LogP contribution in [0.3, 0.4) is 0 Å². The third-order valence-corrected chi connectivity index (χ3v) is 4.68. The molecule has 4 rings (SSSR count). The summed E-state index contributed by atoms with van der Waals surface area (Å²) in [6.07, 6.45) is 0.0340. The molecule has 8 heteroatoms. The summed E-state index contributed by atoms with van der Waals surface area (Å²) in [6, 6.07) is 12.6. The van der Waals surface area contributed by atoms with E-state index in [0.29, 0.717) is 26.9 Å². The van der Waals surface area contributed by atoms with E-state index in [1.165, 1.54) is 0 Å². The molecule has 0 aliphatic carbocycles. The fourth-order valence-electron chi connectivity index (χ4n) is 3.22. The number of H-pyrrole nitrogens is 1. The van der Waals surface area contributed by atoms with Crippen molar-refractivity contribution in [3.05, 3.63) is 80.3 Å². The first-order valence-corrected chi connectivity index (χ1v) is 8.52. The van der Waals surface area contributed by atoms with Crippen LogP contribution in [0.5, 0.6) is 5.88 Å². The number of imidazole rings is 1. The van der Waals surface area contributed by atoms with Crippen molar-refractivity contribution in [3.63, 3.8) is 0 Å². The van der Waals surface area contributed by atoms with Gasteiger partial charge >= 0.3 is 11.7 Å². The van der Waals surface area contributed by atoms with E-state index in [0.717, 1.165) is 4.57 Å². The molecule has 0 amide bonds. The Balaban J connectivity index is 2.00. The Bertz CT molecular complexity index is 1230. The summed E-state index contributed by atoms with van der Waals surface area (Å²) in [7, 11) is 0. The molecule has 27 heavy (non-hydrogen) atoms. The Morgan fingerprint density at radius 1 is 1.22 bits per heavy atom. The first kappa shape index (κ1) is 17.1. The Morgan fingerprint density at radius 2 is 1.96 bits per heavy atom. The lowest BCUT2D eigenvalue weighted by atomic mass is 9.97. The Labute approximate surface area is 157 Å². The second-order valence-electron chi connectivity index (χ2n) is 6.13. The molecular weight excluding hydrogens is 370 g/mol. The zero-order valence-electron chi connectivity index (χ0n) is 13.9. The Hall–Kier alpha value is -3.32. The van der Waals surface area contributed by atoms with E-state index in [1.54, 1.807) is 48.5 Å². The third-order valence-electron chi connectivity index (χ3n) is 4.45. The number of halogens is 1. The predicted molar refractivity (Wildman–Crippen MR) is 98.8 cm³/mol. The number of nitrogens with one attached hydrogen (secondary N) is 1. The molecule has 2 aromatic carbocycles. The van der Waals surface area contributed by atoms with Gasteiger partial charge in [-0.15, -0.1) is 0 Å². The van der Waals surface area contributed by atoms with E-state index in [9.17, 15) is 19.8 Å². The minimum atomic E-state index is -1.09. The van der Waals surface area contributed by atoms with Crippen molar-refractivity contribution < 1.29 is 15.0 Å². The lowest BCUT2D eigenvalue weighted by molar-refractivity contribution is -0.138. The Morgan fingerprint density at radius 3 is 2.67 bits per heavy atom. The number of carboxylic acids is 1. The molecule has 0 saturated heterocycles. The van der Waals surface area contributed by atoms with Crippen LogP contribution in [0.25, 0.3) is 11.3 Å². The number of aromatic nitrogens is 2. The summed E-state index contributed by atoms with van der Waals surface area (Å²) in [5.74, 6) is -1.38. The first-order valence-electron chi connectivity index (χ1n) is 8.15. The highest BCUT2D eigenvalue weighted by molar-refractivity contribution is 6.30. The predicted octanol–water partition coefficient (Wildman–Crippen LogP) is 1.20. The largest absolute Gasteiger partial charge is 0.493 e. The molecule has 1 unspecified atom stereocenters. The first-order chi connectivity index (χ1) is 13.0. The lowest BCUT2D eigenvalue weighted by Gasteiger charge is -2.16. The van der Waals surface area contributed by atoms with Gasteiger partial charge in [0.15, 0.2) is 6.04 Å². The molecule has 1 atom stereocenters. The van der Waals surface area contributed by atoms with Crippen LogP contribution in [0, 0.1) is 0 Å². The SMILES string of the molecule is O=C(O)C1CC(c2[nH]c(=O)n(-c3ccccc3)c2O)=c2ccc(Cl)cc2=N1. The molecule has 0 saturated carbocycles. The molecule has 0 fully saturated rings. The number of aromatic hydroxyl groups is 1. The van der Waals surface area contributed by atoms with Crippen molar-refractivity contribution in [2.75, 3.05) is 0 Å². The fraction of sp³-hybridized carbons (Fsp3) is 0.105. The van der Waals surface area contributed by atoms with Gasteiger partial charge in [-0.2, -0.15) is 0 Å². The van der Waals surface area contributed by atoms with E-state index < -0.39 is 17.7 Å². The molecule has 3 N–H and O–H groups in total. The number of aromatic amines is 1. The number of hydrogen-bond acceptors (Lipinski definition) is 4. The van der Waals surface area contributed by atoms with E-state index in [2.05, 4.69) is 9.98 Å². The number of fused-ring (bicyclic) bond motifs is 1. The molecule has 0 radical (unpaired) electrons. The van der Waals surface area contributed by atoms with Crippen LogP contribution in [-0.2, 0) is 4.79 Å². The highest BCUT2D eigenvalue weighted by Gasteiger charge is 2.27. The molecule has 1 aliphatic rings. The van der Waals surface area contributed by atoms with Gasteiger partial charge in [-0.25, -0.2) is 14.2 Å². The highest BCUT2D eigenvalue weighted by Crippen LogP contribution is 2.27. The standard InChI is InChI=1S/C19H14ClN3O4/c20-10-6-7-12-13(9-15(18(25)26)21-14(12)8-10)16-17(24)23(19(27)22-16)11-4-2-1-3-5-11/h1-8,15,24H,9H2,(H,22,27)(H,25,26). The summed E-state index contributed by atoms with van der Waals surface area (Å²) in [4.78, 5) is 30.8. The van der Waals surface area contributed by atoms with Gasteiger partial charge in [0.2, 0.25) is 5.88 Å². The molecule has 136 valence electrons. The number of carbonyl (C=O) groups is 1. The molecule has 1 aromatic heterocycles. The second-order valence-corrected chi connectivity index (χ2v) is 6.56. The minimum absolute atomic E-state index is 0.0340. The van der Waals surface area contributed by atoms with Crippen molar-refractivity contribution in [1.82, 2.24) is 9.55 Å². The minimum Gasteiger partial charge on any atom is -0.493 e. The van der Waals surface area contributed by atoms with Crippen LogP contribution >= 0.6 is 11.6 Å². The van der Waals surface area contributed by atoms with Gasteiger partial charge in [-0.05, 0) is 29.8 Å². The van der Waals surface area contributed by atoms with E-state index in [4.69, 9.17) is 11.6 Å². The molecular formula is C19H14ClN3O4. The van der Waals surface area contributed by atoms with Crippen LogP contribution in [0.4, 0.5) is 0 Å². The number of para-hydroxylation sites is 1. The van der Waals surface area contributed by atoms with Gasteiger partial charge in [0.25, 0.3) is 0 Å². The van der Waals surface area contributed by atoms with Crippen molar-refractivity contribution in [1.29, 1.82) is 0 Å². The number of benzene rings is 2. The van der Waals surface area contributed by atoms with Crippen molar-refractivity contribution in [2.45, 2.75) is 12.5 Å². The van der Waals surface area contributed by atoms with Crippen LogP contribution in [-0.4, -0.2) is 31.8 Å². The normalized spacial score (nSPS) is 15.9. The molecule has 7 nitrogen and oxygen atoms in total. The van der Waals surface area contributed by atoms with Crippen molar-refractivity contribution >= 4 is 23.1 Å². The maximum absolute atomic E-state index is 12.5. The van der Waals surface area contributed by atoms with E-state index >= 15 is 0 Å². The molecule has 3 aromatic rings. The number of carboxylic acid groups (broad SMARTS) is 1. The summed E-state index contributed by atoms with van der Waals surface area (Å²) in [5.41, 5.74) is 0.641. The zero-order chi connectivity index (χ0) is 19.1. The third kappa shape index (κ3) is 2.92. The summed E-state index contributed by atoms with van der Waals surface area (Å²) in [5, 5.41) is 21.6.